The van der Waals surface area contributed by atoms with E-state index in [1.807, 2.05) is 41.3 Å². The highest BCUT2D eigenvalue weighted by Gasteiger charge is 2.28. The van der Waals surface area contributed by atoms with Crippen molar-refractivity contribution in [3.05, 3.63) is 63.1 Å². The molecule has 110 valence electrons. The predicted octanol–water partition coefficient (Wildman–Crippen LogP) is 4.26. The molecule has 0 fully saturated rings. The molecule has 0 atom stereocenters. The van der Waals surface area contributed by atoms with Crippen molar-refractivity contribution in [2.24, 2.45) is 0 Å². The minimum Gasteiger partial charge on any atom is -0.334 e. The summed E-state index contributed by atoms with van der Waals surface area (Å²) in [4.78, 5) is 19.0. The molecule has 0 spiro atoms. The van der Waals surface area contributed by atoms with Crippen molar-refractivity contribution in [2.45, 2.75) is 13.0 Å². The number of aromatic nitrogens is 1. The van der Waals surface area contributed by atoms with Gasteiger partial charge in [0.2, 0.25) is 0 Å². The zero-order valence-electron chi connectivity index (χ0n) is 11.8. The standard InChI is InChI=1S/C17H13BrN2OS/c18-13-5-3-4-11-12(13)10-20(17(11)21)9-8-16-19-14-6-1-2-7-15(14)22-16/h1-7H,8-10H2. The number of carbonyl (C=O) groups excluding carboxylic acids is 1. The molecule has 3 nitrogen and oxygen atoms in total. The third-order valence-corrected chi connectivity index (χ3v) is 5.76. The van der Waals surface area contributed by atoms with Gasteiger partial charge in [-0.3, -0.25) is 4.79 Å². The maximum absolute atomic E-state index is 12.4. The molecule has 0 saturated carbocycles. The second kappa shape index (κ2) is 5.48. The number of halogens is 1. The molecule has 0 N–H and O–H groups in total. The number of benzene rings is 2. The van der Waals surface area contributed by atoms with Crippen molar-refractivity contribution in [1.82, 2.24) is 9.88 Å². The normalized spacial score (nSPS) is 13.9. The molecule has 1 aliphatic rings. The molecule has 3 aromatic rings. The number of fused-ring (bicyclic) bond motifs is 2. The number of hydrogen-bond acceptors (Lipinski definition) is 3. The monoisotopic (exact) mass is 372 g/mol. The van der Waals surface area contributed by atoms with E-state index in [0.717, 1.165) is 32.5 Å². The smallest absolute Gasteiger partial charge is 0.254 e. The van der Waals surface area contributed by atoms with Crippen LogP contribution >= 0.6 is 27.3 Å². The molecule has 0 bridgehead atoms. The van der Waals surface area contributed by atoms with Crippen molar-refractivity contribution in [2.75, 3.05) is 6.54 Å². The van der Waals surface area contributed by atoms with E-state index in [2.05, 4.69) is 27.0 Å². The van der Waals surface area contributed by atoms with E-state index in [1.165, 1.54) is 4.70 Å². The van der Waals surface area contributed by atoms with Gasteiger partial charge in [-0.2, -0.15) is 0 Å². The van der Waals surface area contributed by atoms with Crippen molar-refractivity contribution in [3.8, 4) is 0 Å². The third-order valence-electron chi connectivity index (χ3n) is 3.92. The highest BCUT2D eigenvalue weighted by atomic mass is 79.9. The number of carbonyl (C=O) groups is 1. The molecule has 5 heteroatoms. The highest BCUT2D eigenvalue weighted by molar-refractivity contribution is 9.10. The molecule has 2 heterocycles. The van der Waals surface area contributed by atoms with Crippen molar-refractivity contribution in [1.29, 1.82) is 0 Å². The predicted molar refractivity (Wildman–Crippen MR) is 92.2 cm³/mol. The van der Waals surface area contributed by atoms with Gasteiger partial charge in [-0.25, -0.2) is 4.98 Å². The topological polar surface area (TPSA) is 33.2 Å². The van der Waals surface area contributed by atoms with Crippen LogP contribution in [0, 0.1) is 0 Å². The number of amides is 1. The average molecular weight is 373 g/mol. The highest BCUT2D eigenvalue weighted by Crippen LogP contribution is 2.30. The fourth-order valence-corrected chi connectivity index (χ4v) is 4.24. The summed E-state index contributed by atoms with van der Waals surface area (Å²) in [6.07, 6.45) is 0.802. The van der Waals surface area contributed by atoms with Crippen LogP contribution in [-0.4, -0.2) is 22.3 Å². The summed E-state index contributed by atoms with van der Waals surface area (Å²) in [5.74, 6) is 0.123. The van der Waals surface area contributed by atoms with Gasteiger partial charge in [-0.15, -0.1) is 11.3 Å². The van der Waals surface area contributed by atoms with Crippen LogP contribution < -0.4 is 0 Å². The SMILES string of the molecule is O=C1c2cccc(Br)c2CN1CCc1nc2ccccc2s1. The van der Waals surface area contributed by atoms with Crippen LogP contribution in [0.1, 0.15) is 20.9 Å². The first kappa shape index (κ1) is 13.9. The second-order valence-electron chi connectivity index (χ2n) is 5.32. The number of hydrogen-bond donors (Lipinski definition) is 0. The van der Waals surface area contributed by atoms with Crippen molar-refractivity contribution in [3.63, 3.8) is 0 Å². The summed E-state index contributed by atoms with van der Waals surface area (Å²) < 4.78 is 2.22. The second-order valence-corrected chi connectivity index (χ2v) is 7.29. The molecule has 2 aromatic carbocycles. The molecule has 0 saturated heterocycles. The summed E-state index contributed by atoms with van der Waals surface area (Å²) in [7, 11) is 0. The number of rotatable bonds is 3. The summed E-state index contributed by atoms with van der Waals surface area (Å²) in [6, 6.07) is 14.0. The van der Waals surface area contributed by atoms with Crippen LogP contribution in [0.4, 0.5) is 0 Å². The maximum atomic E-state index is 12.4. The van der Waals surface area contributed by atoms with Crippen LogP contribution in [0.5, 0.6) is 0 Å². The van der Waals surface area contributed by atoms with Gasteiger partial charge in [0.1, 0.15) is 0 Å². The van der Waals surface area contributed by atoms with Gasteiger partial charge in [0.25, 0.3) is 5.91 Å². The summed E-state index contributed by atoms with van der Waals surface area (Å²) in [5, 5.41) is 1.09. The Morgan fingerprint density at radius 1 is 1.18 bits per heavy atom. The van der Waals surface area contributed by atoms with E-state index in [9.17, 15) is 4.79 Å². The molecular formula is C17H13BrN2OS. The van der Waals surface area contributed by atoms with Gasteiger partial charge in [0.05, 0.1) is 15.2 Å². The van der Waals surface area contributed by atoms with Crippen molar-refractivity contribution >= 4 is 43.4 Å². The lowest BCUT2D eigenvalue weighted by molar-refractivity contribution is 0.0780. The molecule has 1 aliphatic heterocycles. The Bertz CT molecular complexity index is 841. The minimum atomic E-state index is 0.123. The Kier molecular flexibility index (Phi) is 3.47. The van der Waals surface area contributed by atoms with Gasteiger partial charge in [-0.1, -0.05) is 34.1 Å². The van der Waals surface area contributed by atoms with E-state index in [4.69, 9.17) is 0 Å². The van der Waals surface area contributed by atoms with Crippen molar-refractivity contribution < 1.29 is 4.79 Å². The van der Waals surface area contributed by atoms with E-state index in [0.29, 0.717) is 13.1 Å². The summed E-state index contributed by atoms with van der Waals surface area (Å²) in [5.41, 5.74) is 2.96. The summed E-state index contributed by atoms with van der Waals surface area (Å²) in [6.45, 7) is 1.39. The lowest BCUT2D eigenvalue weighted by atomic mass is 10.1. The first-order chi connectivity index (χ1) is 10.7. The molecule has 0 aliphatic carbocycles. The lowest BCUT2D eigenvalue weighted by Crippen LogP contribution is -2.26. The van der Waals surface area contributed by atoms with Gasteiger partial charge in [-0.05, 0) is 29.8 Å². The van der Waals surface area contributed by atoms with Gasteiger partial charge < -0.3 is 4.90 Å². The van der Waals surface area contributed by atoms with Gasteiger partial charge in [0.15, 0.2) is 0 Å². The molecule has 1 amide bonds. The zero-order chi connectivity index (χ0) is 15.1. The molecule has 4 rings (SSSR count). The van der Waals surface area contributed by atoms with E-state index >= 15 is 0 Å². The first-order valence-electron chi connectivity index (χ1n) is 7.13. The third kappa shape index (κ3) is 2.34. The number of nitrogens with zero attached hydrogens (tertiary/aromatic N) is 2. The summed E-state index contributed by atoms with van der Waals surface area (Å²) >= 11 is 5.24. The molecule has 1 aromatic heterocycles. The average Bonchev–Trinajstić information content (AvgIpc) is 3.08. The fraction of sp³-hybridized carbons (Fsp3) is 0.176. The minimum absolute atomic E-state index is 0.123. The lowest BCUT2D eigenvalue weighted by Gasteiger charge is -2.14. The Hall–Kier alpha value is -1.72. The van der Waals surface area contributed by atoms with Crippen LogP contribution in [0.2, 0.25) is 0 Å². The molecular weight excluding hydrogens is 360 g/mol. The first-order valence-corrected chi connectivity index (χ1v) is 8.74. The number of para-hydroxylation sites is 1. The van der Waals surface area contributed by atoms with Gasteiger partial charge >= 0.3 is 0 Å². The van der Waals surface area contributed by atoms with Crippen LogP contribution in [0.15, 0.2) is 46.9 Å². The zero-order valence-corrected chi connectivity index (χ0v) is 14.2. The molecule has 0 radical (unpaired) electrons. The van der Waals surface area contributed by atoms with E-state index in [-0.39, 0.29) is 5.91 Å². The van der Waals surface area contributed by atoms with Crippen LogP contribution in [0.3, 0.4) is 0 Å². The quantitative estimate of drug-likeness (QED) is 0.688. The molecule has 0 unspecified atom stereocenters. The molecule has 22 heavy (non-hydrogen) atoms. The Morgan fingerprint density at radius 2 is 2.05 bits per heavy atom. The largest absolute Gasteiger partial charge is 0.334 e. The Morgan fingerprint density at radius 3 is 2.86 bits per heavy atom. The van der Waals surface area contributed by atoms with Crippen LogP contribution in [0.25, 0.3) is 10.2 Å². The van der Waals surface area contributed by atoms with Crippen LogP contribution in [-0.2, 0) is 13.0 Å². The maximum Gasteiger partial charge on any atom is 0.254 e. The Labute approximate surface area is 140 Å². The Balaban J connectivity index is 1.51. The van der Waals surface area contributed by atoms with E-state index < -0.39 is 0 Å². The van der Waals surface area contributed by atoms with Gasteiger partial charge in [0, 0.05) is 29.5 Å². The number of thiazole rings is 1. The fourth-order valence-electron chi connectivity index (χ4n) is 2.79. The van der Waals surface area contributed by atoms with E-state index in [1.54, 1.807) is 11.3 Å².